The van der Waals surface area contributed by atoms with Crippen LogP contribution in [0.15, 0.2) is 42.5 Å². The Morgan fingerprint density at radius 3 is 2.61 bits per heavy atom. The molecule has 0 spiro atoms. The van der Waals surface area contributed by atoms with E-state index in [-0.39, 0.29) is 29.7 Å². The number of halogens is 2. The molecule has 1 atom stereocenters. The lowest BCUT2D eigenvalue weighted by Crippen LogP contribution is -2.42. The minimum atomic E-state index is -0.338. The van der Waals surface area contributed by atoms with Crippen molar-refractivity contribution in [3.05, 3.63) is 64.7 Å². The van der Waals surface area contributed by atoms with E-state index in [1.54, 1.807) is 12.1 Å². The number of carbonyl (C=O) groups is 1. The Morgan fingerprint density at radius 1 is 1.18 bits per heavy atom. The van der Waals surface area contributed by atoms with Crippen molar-refractivity contribution in [3.8, 4) is 0 Å². The van der Waals surface area contributed by atoms with E-state index in [0.29, 0.717) is 23.6 Å². The Labute approximate surface area is 168 Å². The van der Waals surface area contributed by atoms with Crippen LogP contribution in [0.2, 0.25) is 5.02 Å². The highest BCUT2D eigenvalue weighted by Crippen LogP contribution is 2.34. The molecule has 2 heterocycles. The normalized spacial score (nSPS) is 17.7. The molecular weight excluding hydrogens is 377 g/mol. The summed E-state index contributed by atoms with van der Waals surface area (Å²) < 4.78 is 16.5. The number of hydrogen-bond acceptors (Lipinski definition) is 2. The number of fused-ring (bicyclic) bond motifs is 1. The molecule has 1 aliphatic rings. The predicted molar refractivity (Wildman–Crippen MR) is 109 cm³/mol. The standard InChI is InChI=1S/C22H23ClFN3O/c1-22(2,3)27-12-14(11-20(27)28)21-25-18-9-4-5-10-19(18)26(21)13-15-16(23)7-6-8-17(15)24/h4-10,14H,11-13H2,1-3H3. The molecule has 4 nitrogen and oxygen atoms in total. The Morgan fingerprint density at radius 2 is 1.93 bits per heavy atom. The van der Waals surface area contributed by atoms with Crippen molar-refractivity contribution in [2.45, 2.75) is 45.2 Å². The second kappa shape index (κ2) is 6.89. The van der Waals surface area contributed by atoms with E-state index in [1.807, 2.05) is 54.5 Å². The van der Waals surface area contributed by atoms with Gasteiger partial charge in [-0.2, -0.15) is 0 Å². The van der Waals surface area contributed by atoms with Crippen molar-refractivity contribution in [2.24, 2.45) is 0 Å². The smallest absolute Gasteiger partial charge is 0.223 e. The summed E-state index contributed by atoms with van der Waals surface area (Å²) in [5, 5.41) is 0.391. The van der Waals surface area contributed by atoms with Crippen molar-refractivity contribution in [1.82, 2.24) is 14.5 Å². The number of imidazole rings is 1. The van der Waals surface area contributed by atoms with Gasteiger partial charge in [0.2, 0.25) is 5.91 Å². The van der Waals surface area contributed by atoms with Crippen LogP contribution in [0, 0.1) is 5.82 Å². The number of carbonyl (C=O) groups excluding carboxylic acids is 1. The van der Waals surface area contributed by atoms with Crippen molar-refractivity contribution < 1.29 is 9.18 Å². The number of benzene rings is 2. The fraction of sp³-hybridized carbons (Fsp3) is 0.364. The molecule has 4 rings (SSSR count). The minimum absolute atomic E-state index is 0.0373. The molecule has 0 saturated carbocycles. The SMILES string of the molecule is CC(C)(C)N1CC(c2nc3ccccc3n2Cc2c(F)cccc2Cl)CC1=O. The van der Waals surface area contributed by atoms with Crippen LogP contribution >= 0.6 is 11.6 Å². The summed E-state index contributed by atoms with van der Waals surface area (Å²) in [7, 11) is 0. The largest absolute Gasteiger partial charge is 0.337 e. The van der Waals surface area contributed by atoms with E-state index >= 15 is 0 Å². The van der Waals surface area contributed by atoms with Gasteiger partial charge in [0.1, 0.15) is 11.6 Å². The van der Waals surface area contributed by atoms with Crippen LogP contribution in [0.25, 0.3) is 11.0 Å². The zero-order valence-electron chi connectivity index (χ0n) is 16.2. The number of aromatic nitrogens is 2. The molecule has 146 valence electrons. The Balaban J connectivity index is 1.80. The Bertz CT molecular complexity index is 1030. The van der Waals surface area contributed by atoms with Crippen LogP contribution in [-0.4, -0.2) is 32.4 Å². The summed E-state index contributed by atoms with van der Waals surface area (Å²) in [4.78, 5) is 19.3. The maximum absolute atomic E-state index is 14.5. The van der Waals surface area contributed by atoms with Crippen LogP contribution in [0.3, 0.4) is 0 Å². The summed E-state index contributed by atoms with van der Waals surface area (Å²) in [6.45, 7) is 7.00. The van der Waals surface area contributed by atoms with E-state index < -0.39 is 0 Å². The summed E-state index contributed by atoms with van der Waals surface area (Å²) >= 11 is 6.28. The number of likely N-dealkylation sites (tertiary alicyclic amines) is 1. The predicted octanol–water partition coefficient (Wildman–Crippen LogP) is 4.99. The van der Waals surface area contributed by atoms with E-state index in [0.717, 1.165) is 16.9 Å². The summed E-state index contributed by atoms with van der Waals surface area (Å²) in [6.07, 6.45) is 0.408. The van der Waals surface area contributed by atoms with Gasteiger partial charge < -0.3 is 9.47 Å². The average molecular weight is 400 g/mol. The average Bonchev–Trinajstić information content (AvgIpc) is 3.19. The molecule has 1 fully saturated rings. The molecule has 1 unspecified atom stereocenters. The van der Waals surface area contributed by atoms with E-state index in [4.69, 9.17) is 16.6 Å². The van der Waals surface area contributed by atoms with Gasteiger partial charge in [0.15, 0.2) is 0 Å². The molecule has 28 heavy (non-hydrogen) atoms. The first-order chi connectivity index (χ1) is 13.3. The first-order valence-corrected chi connectivity index (χ1v) is 9.82. The van der Waals surface area contributed by atoms with Crippen molar-refractivity contribution >= 4 is 28.5 Å². The van der Waals surface area contributed by atoms with Gasteiger partial charge in [-0.25, -0.2) is 9.37 Å². The molecule has 1 aliphatic heterocycles. The van der Waals surface area contributed by atoms with Gasteiger partial charge in [-0.15, -0.1) is 0 Å². The number of nitrogens with zero attached hydrogens (tertiary/aromatic N) is 3. The van der Waals surface area contributed by atoms with Crippen molar-refractivity contribution in [1.29, 1.82) is 0 Å². The Kier molecular flexibility index (Phi) is 4.66. The lowest BCUT2D eigenvalue weighted by molar-refractivity contribution is -0.131. The van der Waals surface area contributed by atoms with Crippen molar-refractivity contribution in [2.75, 3.05) is 6.54 Å². The van der Waals surface area contributed by atoms with Gasteiger partial charge in [0.05, 0.1) is 17.6 Å². The van der Waals surface area contributed by atoms with Gasteiger partial charge in [0.25, 0.3) is 0 Å². The zero-order chi connectivity index (χ0) is 20.1. The third-order valence-electron chi connectivity index (χ3n) is 5.36. The number of para-hydroxylation sites is 2. The third-order valence-corrected chi connectivity index (χ3v) is 5.72. The first kappa shape index (κ1) is 18.9. The van der Waals surface area contributed by atoms with Crippen LogP contribution in [0.5, 0.6) is 0 Å². The quantitative estimate of drug-likeness (QED) is 0.622. The van der Waals surface area contributed by atoms with E-state index in [9.17, 15) is 9.18 Å². The highest BCUT2D eigenvalue weighted by atomic mass is 35.5. The maximum atomic E-state index is 14.5. The molecular formula is C22H23ClFN3O. The molecule has 1 aromatic heterocycles. The van der Waals surface area contributed by atoms with Crippen LogP contribution in [-0.2, 0) is 11.3 Å². The maximum Gasteiger partial charge on any atom is 0.223 e. The highest BCUT2D eigenvalue weighted by Gasteiger charge is 2.39. The second-order valence-electron chi connectivity index (χ2n) is 8.32. The monoisotopic (exact) mass is 399 g/mol. The van der Waals surface area contributed by atoms with Gasteiger partial charge in [0, 0.05) is 35.0 Å². The molecule has 6 heteroatoms. The molecule has 0 aliphatic carbocycles. The van der Waals surface area contributed by atoms with Crippen LogP contribution in [0.1, 0.15) is 44.5 Å². The third kappa shape index (κ3) is 3.28. The summed E-state index contributed by atoms with van der Waals surface area (Å²) in [5.74, 6) is 0.556. The molecule has 1 saturated heterocycles. The summed E-state index contributed by atoms with van der Waals surface area (Å²) in [6, 6.07) is 12.5. The minimum Gasteiger partial charge on any atom is -0.337 e. The number of hydrogen-bond donors (Lipinski definition) is 0. The van der Waals surface area contributed by atoms with Gasteiger partial charge in [-0.3, -0.25) is 4.79 Å². The van der Waals surface area contributed by atoms with Crippen LogP contribution < -0.4 is 0 Å². The Hall–Kier alpha value is -2.40. The second-order valence-corrected chi connectivity index (χ2v) is 8.73. The van der Waals surface area contributed by atoms with Gasteiger partial charge in [-0.05, 0) is 45.0 Å². The van der Waals surface area contributed by atoms with Gasteiger partial charge >= 0.3 is 0 Å². The van der Waals surface area contributed by atoms with E-state index in [1.165, 1.54) is 6.07 Å². The number of rotatable bonds is 3. The van der Waals surface area contributed by atoms with Crippen LogP contribution in [0.4, 0.5) is 4.39 Å². The topological polar surface area (TPSA) is 38.1 Å². The number of amides is 1. The lowest BCUT2D eigenvalue weighted by atomic mass is 10.1. The molecule has 0 N–H and O–H groups in total. The van der Waals surface area contributed by atoms with Gasteiger partial charge in [-0.1, -0.05) is 29.8 Å². The highest BCUT2D eigenvalue weighted by molar-refractivity contribution is 6.31. The molecule has 0 radical (unpaired) electrons. The fourth-order valence-electron chi connectivity index (χ4n) is 3.94. The molecule has 1 amide bonds. The lowest BCUT2D eigenvalue weighted by Gasteiger charge is -2.32. The molecule has 0 bridgehead atoms. The molecule has 2 aromatic carbocycles. The first-order valence-electron chi connectivity index (χ1n) is 9.44. The summed E-state index contributed by atoms with van der Waals surface area (Å²) in [5.41, 5.74) is 1.95. The van der Waals surface area contributed by atoms with Crippen molar-refractivity contribution in [3.63, 3.8) is 0 Å². The molecule has 3 aromatic rings. The zero-order valence-corrected chi connectivity index (χ0v) is 17.0. The van der Waals surface area contributed by atoms with E-state index in [2.05, 4.69) is 0 Å². The fourth-order valence-corrected chi connectivity index (χ4v) is 4.16.